The van der Waals surface area contributed by atoms with Crippen LogP contribution in [0.3, 0.4) is 0 Å². The molecule has 0 unspecified atom stereocenters. The fourth-order valence-electron chi connectivity index (χ4n) is 5.16. The quantitative estimate of drug-likeness (QED) is 0.274. The van der Waals surface area contributed by atoms with Crippen molar-refractivity contribution in [3.63, 3.8) is 0 Å². The molecule has 3 aromatic rings. The van der Waals surface area contributed by atoms with Crippen LogP contribution in [0.1, 0.15) is 48.2 Å². The first kappa shape index (κ1) is 33.0. The van der Waals surface area contributed by atoms with E-state index in [9.17, 15) is 19.2 Å². The van der Waals surface area contributed by atoms with Gasteiger partial charge < -0.3 is 30.7 Å². The van der Waals surface area contributed by atoms with E-state index in [0.29, 0.717) is 31.6 Å². The van der Waals surface area contributed by atoms with Crippen molar-refractivity contribution in [1.29, 1.82) is 0 Å². The van der Waals surface area contributed by atoms with Crippen LogP contribution in [0.5, 0.6) is 11.5 Å². The van der Waals surface area contributed by atoms with Gasteiger partial charge in [0.05, 0.1) is 25.1 Å². The summed E-state index contributed by atoms with van der Waals surface area (Å²) < 4.78 is 11.4. The molecule has 4 amide bonds. The molecule has 0 radical (unpaired) electrons. The first-order valence-electron chi connectivity index (χ1n) is 15.3. The molecule has 0 spiro atoms. The first-order chi connectivity index (χ1) is 21.7. The molecule has 0 saturated heterocycles. The Balaban J connectivity index is 1.52. The molecule has 1 heterocycles. The number of hydrogen-bond acceptors (Lipinski definition) is 6. The van der Waals surface area contributed by atoms with Crippen LogP contribution in [0.4, 0.5) is 0 Å². The van der Waals surface area contributed by atoms with Gasteiger partial charge in [0.1, 0.15) is 30.2 Å². The number of fused-ring (bicyclic) bond motifs is 1. The van der Waals surface area contributed by atoms with E-state index in [2.05, 4.69) is 21.3 Å². The number of carbonyl (C=O) groups is 4. The van der Waals surface area contributed by atoms with Gasteiger partial charge in [-0.25, -0.2) is 0 Å². The van der Waals surface area contributed by atoms with Crippen molar-refractivity contribution in [3.05, 3.63) is 95.6 Å². The Morgan fingerprint density at radius 2 is 1.67 bits per heavy atom. The number of methoxy groups -OCH3 is 1. The van der Waals surface area contributed by atoms with Gasteiger partial charge in [-0.2, -0.15) is 0 Å². The number of para-hydroxylation sites is 1. The fourth-order valence-corrected chi connectivity index (χ4v) is 5.16. The van der Waals surface area contributed by atoms with Gasteiger partial charge in [-0.3, -0.25) is 19.2 Å². The summed E-state index contributed by atoms with van der Waals surface area (Å²) in [6, 6.07) is 21.6. The van der Waals surface area contributed by atoms with Crippen LogP contribution in [-0.2, 0) is 27.2 Å². The lowest BCUT2D eigenvalue weighted by Gasteiger charge is -2.27. The number of benzene rings is 3. The van der Waals surface area contributed by atoms with Gasteiger partial charge in [0, 0.05) is 6.54 Å². The van der Waals surface area contributed by atoms with E-state index in [1.807, 2.05) is 68.4 Å². The molecule has 45 heavy (non-hydrogen) atoms. The Bertz CT molecular complexity index is 1460. The molecule has 0 saturated carbocycles. The lowest BCUT2D eigenvalue weighted by atomic mass is 10.0. The summed E-state index contributed by atoms with van der Waals surface area (Å²) >= 11 is 0. The van der Waals surface area contributed by atoms with Gasteiger partial charge in [-0.1, -0.05) is 68.4 Å². The topological polar surface area (TPSA) is 135 Å². The first-order valence-corrected chi connectivity index (χ1v) is 15.3. The van der Waals surface area contributed by atoms with Crippen LogP contribution in [-0.4, -0.2) is 62.0 Å². The summed E-state index contributed by atoms with van der Waals surface area (Å²) in [5.41, 5.74) is 2.28. The highest BCUT2D eigenvalue weighted by atomic mass is 16.5. The molecular weight excluding hydrogens is 572 g/mol. The number of rotatable bonds is 9. The summed E-state index contributed by atoms with van der Waals surface area (Å²) in [5.74, 6) is -1.09. The minimum Gasteiger partial charge on any atom is -0.497 e. The molecule has 238 valence electrons. The summed E-state index contributed by atoms with van der Waals surface area (Å²) in [7, 11) is 1.61. The second kappa shape index (κ2) is 16.3. The van der Waals surface area contributed by atoms with Crippen LogP contribution < -0.4 is 30.7 Å². The van der Waals surface area contributed by atoms with Crippen molar-refractivity contribution in [1.82, 2.24) is 21.3 Å². The lowest BCUT2D eigenvalue weighted by Crippen LogP contribution is -2.55. The van der Waals surface area contributed by atoms with E-state index in [1.165, 1.54) is 0 Å². The number of hydrogen-bond donors (Lipinski definition) is 4. The normalized spacial score (nSPS) is 19.2. The van der Waals surface area contributed by atoms with Crippen molar-refractivity contribution >= 4 is 23.6 Å². The summed E-state index contributed by atoms with van der Waals surface area (Å²) in [6.45, 7) is 4.09. The van der Waals surface area contributed by atoms with Crippen LogP contribution in [0.2, 0.25) is 0 Å². The average Bonchev–Trinajstić information content (AvgIpc) is 3.04. The predicted octanol–water partition coefficient (Wildman–Crippen LogP) is 3.19. The summed E-state index contributed by atoms with van der Waals surface area (Å²) in [4.78, 5) is 53.5. The van der Waals surface area contributed by atoms with Crippen molar-refractivity contribution in [2.45, 2.75) is 57.7 Å². The maximum atomic E-state index is 13.5. The number of amides is 4. The number of ether oxygens (including phenoxy) is 2. The zero-order valence-electron chi connectivity index (χ0n) is 26.0. The molecule has 3 atom stereocenters. The molecule has 0 aromatic heterocycles. The molecule has 0 aliphatic carbocycles. The van der Waals surface area contributed by atoms with Crippen LogP contribution in [0, 0.1) is 5.92 Å². The molecule has 1 aliphatic heterocycles. The van der Waals surface area contributed by atoms with Gasteiger partial charge in [0.25, 0.3) is 5.91 Å². The van der Waals surface area contributed by atoms with E-state index < -0.39 is 35.8 Å². The monoisotopic (exact) mass is 614 g/mol. The Morgan fingerprint density at radius 1 is 0.933 bits per heavy atom. The van der Waals surface area contributed by atoms with E-state index in [0.717, 1.165) is 16.9 Å². The van der Waals surface area contributed by atoms with E-state index in [1.54, 1.807) is 31.4 Å². The Kier molecular flexibility index (Phi) is 12.0. The third kappa shape index (κ3) is 9.82. The highest BCUT2D eigenvalue weighted by Gasteiger charge is 2.31. The standard InChI is InChI=1S/C35H42N4O6/c1-23(2)32-35(43)37-26(19-24-11-5-4-6-12-24)22-45-30-17-8-7-16-28(30)33(41)38-29(21-31(40)39-32)34(42)36-18-10-14-25-13-9-15-27(20-25)44-3/h4-9,11-13,15-17,20,23,26,29,32H,10,14,18-19,21-22H2,1-3H3,(H,36,42)(H,37,43)(H,38,41)(H,39,40)/t26-,29+,32+/m1/s1. The fraction of sp³-hybridized carbons (Fsp3) is 0.371. The molecule has 10 heteroatoms. The third-order valence-corrected chi connectivity index (χ3v) is 7.60. The maximum Gasteiger partial charge on any atom is 0.255 e. The van der Waals surface area contributed by atoms with Crippen molar-refractivity contribution in [3.8, 4) is 11.5 Å². The van der Waals surface area contributed by atoms with Crippen molar-refractivity contribution in [2.24, 2.45) is 5.92 Å². The number of aryl methyl sites for hydroxylation is 1. The van der Waals surface area contributed by atoms with Gasteiger partial charge in [-0.05, 0) is 60.6 Å². The van der Waals surface area contributed by atoms with Crippen molar-refractivity contribution < 1.29 is 28.7 Å². The Hall–Kier alpha value is -4.86. The van der Waals surface area contributed by atoms with Crippen molar-refractivity contribution in [2.75, 3.05) is 20.3 Å². The summed E-state index contributed by atoms with van der Waals surface area (Å²) in [6.07, 6.45) is 1.48. The lowest BCUT2D eigenvalue weighted by molar-refractivity contribution is -0.132. The molecule has 3 aromatic carbocycles. The van der Waals surface area contributed by atoms with Crippen LogP contribution in [0.25, 0.3) is 0 Å². The second-order valence-corrected chi connectivity index (χ2v) is 11.5. The maximum absolute atomic E-state index is 13.5. The van der Waals surface area contributed by atoms with Crippen LogP contribution >= 0.6 is 0 Å². The molecular formula is C35H42N4O6. The zero-order valence-corrected chi connectivity index (χ0v) is 26.0. The zero-order chi connectivity index (χ0) is 32.2. The molecule has 10 nitrogen and oxygen atoms in total. The van der Waals surface area contributed by atoms with Gasteiger partial charge >= 0.3 is 0 Å². The Morgan fingerprint density at radius 3 is 2.42 bits per heavy atom. The van der Waals surface area contributed by atoms with E-state index in [4.69, 9.17) is 9.47 Å². The molecule has 4 rings (SSSR count). The SMILES string of the molecule is COc1cccc(CCCNC(=O)[C@@H]2CC(=O)N[C@@H](C(C)C)C(=O)N[C@H](Cc3ccccc3)COc3ccccc3C(=O)N2)c1. The smallest absolute Gasteiger partial charge is 0.255 e. The minimum atomic E-state index is -1.17. The van der Waals surface area contributed by atoms with Gasteiger partial charge in [-0.15, -0.1) is 0 Å². The highest BCUT2D eigenvalue weighted by Crippen LogP contribution is 2.20. The third-order valence-electron chi connectivity index (χ3n) is 7.60. The largest absolute Gasteiger partial charge is 0.497 e. The molecule has 0 bridgehead atoms. The van der Waals surface area contributed by atoms with Gasteiger partial charge in [0.2, 0.25) is 17.7 Å². The summed E-state index contributed by atoms with van der Waals surface area (Å²) in [5, 5.41) is 11.4. The minimum absolute atomic E-state index is 0.0842. The molecule has 1 aliphatic rings. The van der Waals surface area contributed by atoms with E-state index in [-0.39, 0.29) is 30.4 Å². The number of nitrogens with one attached hydrogen (secondary N) is 4. The Labute approximate surface area is 264 Å². The second-order valence-electron chi connectivity index (χ2n) is 11.5. The average molecular weight is 615 g/mol. The molecule has 4 N–H and O–H groups in total. The van der Waals surface area contributed by atoms with Gasteiger partial charge in [0.15, 0.2) is 0 Å². The van der Waals surface area contributed by atoms with E-state index >= 15 is 0 Å². The highest BCUT2D eigenvalue weighted by molar-refractivity contribution is 6.01. The predicted molar refractivity (Wildman–Crippen MR) is 171 cm³/mol. The number of carbonyl (C=O) groups excluding carboxylic acids is 4. The van der Waals surface area contributed by atoms with Crippen LogP contribution in [0.15, 0.2) is 78.9 Å². The molecule has 0 fully saturated rings.